The Balaban J connectivity index is 2.72. The molecule has 1 amide bonds. The molecule has 112 valence electrons. The molecule has 3 N–H and O–H groups in total. The van der Waals surface area contributed by atoms with E-state index in [2.05, 4.69) is 15.5 Å². The third-order valence-electron chi connectivity index (χ3n) is 2.74. The predicted octanol–water partition coefficient (Wildman–Crippen LogP) is 0.0279. The highest BCUT2D eigenvalue weighted by Gasteiger charge is 2.11. The number of carbonyl (C=O) groups is 1. The first-order valence-electron chi connectivity index (χ1n) is 6.78. The van der Waals surface area contributed by atoms with Crippen molar-refractivity contribution in [1.29, 1.82) is 0 Å². The number of hydrogen-bond donors (Lipinski definition) is 2. The normalized spacial score (nSPS) is 10.3. The number of nitrogens with zero attached hydrogens (tertiary/aromatic N) is 3. The van der Waals surface area contributed by atoms with Crippen molar-refractivity contribution >= 4 is 11.7 Å². The summed E-state index contributed by atoms with van der Waals surface area (Å²) in [6.07, 6.45) is 0.865. The lowest BCUT2D eigenvalue weighted by molar-refractivity contribution is 0.0950. The van der Waals surface area contributed by atoms with Crippen LogP contribution in [0.4, 0.5) is 5.82 Å². The Kier molecular flexibility index (Phi) is 7.52. The molecule has 0 unspecified atom stereocenters. The van der Waals surface area contributed by atoms with Crippen LogP contribution in [0.2, 0.25) is 0 Å². The largest absolute Gasteiger partial charge is 0.383 e. The Bertz CT molecular complexity index is 388. The van der Waals surface area contributed by atoms with Crippen molar-refractivity contribution in [2.24, 2.45) is 5.73 Å². The third-order valence-corrected chi connectivity index (χ3v) is 2.74. The smallest absolute Gasteiger partial charge is 0.271 e. The highest BCUT2D eigenvalue weighted by molar-refractivity contribution is 5.92. The van der Waals surface area contributed by atoms with Gasteiger partial charge in [-0.25, -0.2) is 0 Å². The van der Waals surface area contributed by atoms with Gasteiger partial charge in [0.05, 0.1) is 6.61 Å². The van der Waals surface area contributed by atoms with Crippen LogP contribution in [0.25, 0.3) is 0 Å². The van der Waals surface area contributed by atoms with Gasteiger partial charge in [0.1, 0.15) is 0 Å². The Morgan fingerprint density at radius 2 is 2.20 bits per heavy atom. The summed E-state index contributed by atoms with van der Waals surface area (Å²) in [5, 5.41) is 10.8. The van der Waals surface area contributed by atoms with Gasteiger partial charge in [0.2, 0.25) is 0 Å². The van der Waals surface area contributed by atoms with E-state index >= 15 is 0 Å². The second kappa shape index (κ2) is 9.22. The first-order valence-corrected chi connectivity index (χ1v) is 6.78. The summed E-state index contributed by atoms with van der Waals surface area (Å²) in [5.74, 6) is 0.514. The molecule has 0 saturated carbocycles. The molecule has 0 bridgehead atoms. The lowest BCUT2D eigenvalue weighted by Gasteiger charge is -2.22. The molecule has 0 radical (unpaired) electrons. The summed E-state index contributed by atoms with van der Waals surface area (Å²) >= 11 is 0. The minimum atomic E-state index is -0.211. The molecule has 7 nitrogen and oxygen atoms in total. The van der Waals surface area contributed by atoms with E-state index in [4.69, 9.17) is 10.5 Å². The number of nitrogens with one attached hydrogen (secondary N) is 1. The number of rotatable bonds is 9. The summed E-state index contributed by atoms with van der Waals surface area (Å²) in [6, 6.07) is 3.47. The van der Waals surface area contributed by atoms with Crippen LogP contribution in [-0.2, 0) is 4.74 Å². The van der Waals surface area contributed by atoms with Gasteiger partial charge in [0.15, 0.2) is 11.5 Å². The molecule has 1 heterocycles. The fourth-order valence-electron chi connectivity index (χ4n) is 1.69. The van der Waals surface area contributed by atoms with Gasteiger partial charge in [-0.2, -0.15) is 0 Å². The van der Waals surface area contributed by atoms with E-state index in [1.54, 1.807) is 19.2 Å². The highest BCUT2D eigenvalue weighted by Crippen LogP contribution is 2.10. The van der Waals surface area contributed by atoms with E-state index in [0.29, 0.717) is 31.9 Å². The van der Waals surface area contributed by atoms with Crippen LogP contribution >= 0.6 is 0 Å². The molecule has 1 rings (SSSR count). The minimum Gasteiger partial charge on any atom is -0.383 e. The van der Waals surface area contributed by atoms with Crippen molar-refractivity contribution in [3.63, 3.8) is 0 Å². The lowest BCUT2D eigenvalue weighted by Crippen LogP contribution is -2.31. The van der Waals surface area contributed by atoms with Gasteiger partial charge < -0.3 is 20.7 Å². The number of anilines is 1. The Morgan fingerprint density at radius 3 is 2.75 bits per heavy atom. The Hall–Kier alpha value is -1.73. The summed E-state index contributed by atoms with van der Waals surface area (Å²) in [6.45, 7) is 5.15. The number of amides is 1. The monoisotopic (exact) mass is 281 g/mol. The number of hydrogen-bond acceptors (Lipinski definition) is 6. The van der Waals surface area contributed by atoms with Crippen molar-refractivity contribution in [3.05, 3.63) is 17.8 Å². The molecule has 0 saturated heterocycles. The SMILES string of the molecule is CCNC(=O)c1ccc(N(CCCN)CCOC)nn1. The molecule has 0 aliphatic carbocycles. The van der Waals surface area contributed by atoms with Crippen LogP contribution in [0.15, 0.2) is 12.1 Å². The maximum Gasteiger partial charge on any atom is 0.271 e. The molecule has 0 aliphatic rings. The van der Waals surface area contributed by atoms with Gasteiger partial charge >= 0.3 is 0 Å². The zero-order valence-corrected chi connectivity index (χ0v) is 12.1. The van der Waals surface area contributed by atoms with Crippen molar-refractivity contribution in [2.75, 3.05) is 44.8 Å². The zero-order valence-electron chi connectivity index (χ0n) is 12.1. The minimum absolute atomic E-state index is 0.211. The van der Waals surface area contributed by atoms with Gasteiger partial charge in [-0.1, -0.05) is 0 Å². The van der Waals surface area contributed by atoms with Crippen LogP contribution in [0.5, 0.6) is 0 Å². The maximum atomic E-state index is 11.6. The van der Waals surface area contributed by atoms with E-state index in [1.807, 2.05) is 11.8 Å². The average Bonchev–Trinajstić information content (AvgIpc) is 2.48. The van der Waals surface area contributed by atoms with E-state index in [-0.39, 0.29) is 5.91 Å². The van der Waals surface area contributed by atoms with Gasteiger partial charge in [-0.15, -0.1) is 10.2 Å². The summed E-state index contributed by atoms with van der Waals surface area (Å²) in [4.78, 5) is 13.7. The average molecular weight is 281 g/mol. The fourth-order valence-corrected chi connectivity index (χ4v) is 1.69. The van der Waals surface area contributed by atoms with Crippen LogP contribution < -0.4 is 16.0 Å². The number of aromatic nitrogens is 2. The van der Waals surface area contributed by atoms with Crippen LogP contribution in [0, 0.1) is 0 Å². The molecule has 0 aliphatic heterocycles. The highest BCUT2D eigenvalue weighted by atomic mass is 16.5. The Morgan fingerprint density at radius 1 is 1.40 bits per heavy atom. The molecule has 0 aromatic carbocycles. The van der Waals surface area contributed by atoms with Crippen LogP contribution in [-0.4, -0.2) is 56.0 Å². The van der Waals surface area contributed by atoms with Gasteiger partial charge in [-0.3, -0.25) is 4.79 Å². The van der Waals surface area contributed by atoms with Crippen molar-refractivity contribution in [2.45, 2.75) is 13.3 Å². The number of methoxy groups -OCH3 is 1. The van der Waals surface area contributed by atoms with Crippen molar-refractivity contribution in [1.82, 2.24) is 15.5 Å². The molecule has 0 atom stereocenters. The standard InChI is InChI=1S/C13H23N5O2/c1-3-15-13(19)11-5-6-12(17-16-11)18(8-4-7-14)9-10-20-2/h5-6H,3-4,7-10,14H2,1-2H3,(H,15,19). The first kappa shape index (κ1) is 16.3. The summed E-state index contributed by atoms with van der Waals surface area (Å²) in [7, 11) is 1.66. The topological polar surface area (TPSA) is 93.4 Å². The van der Waals surface area contributed by atoms with Crippen LogP contribution in [0.1, 0.15) is 23.8 Å². The van der Waals surface area contributed by atoms with E-state index < -0.39 is 0 Å². The predicted molar refractivity (Wildman–Crippen MR) is 77.8 cm³/mol. The van der Waals surface area contributed by atoms with Gasteiger partial charge in [0, 0.05) is 26.7 Å². The Labute approximate surface area is 119 Å². The molecule has 7 heteroatoms. The lowest BCUT2D eigenvalue weighted by atomic mass is 10.3. The van der Waals surface area contributed by atoms with Gasteiger partial charge in [0.25, 0.3) is 5.91 Å². The van der Waals surface area contributed by atoms with E-state index in [9.17, 15) is 4.79 Å². The first-order chi connectivity index (χ1) is 9.72. The fraction of sp³-hybridized carbons (Fsp3) is 0.615. The zero-order chi connectivity index (χ0) is 14.8. The molecular weight excluding hydrogens is 258 g/mol. The van der Waals surface area contributed by atoms with E-state index in [1.165, 1.54) is 0 Å². The van der Waals surface area contributed by atoms with Crippen LogP contribution in [0.3, 0.4) is 0 Å². The molecule has 0 fully saturated rings. The molecule has 20 heavy (non-hydrogen) atoms. The van der Waals surface area contributed by atoms with Crippen molar-refractivity contribution < 1.29 is 9.53 Å². The van der Waals surface area contributed by atoms with Crippen molar-refractivity contribution in [3.8, 4) is 0 Å². The quantitative estimate of drug-likeness (QED) is 0.663. The molecular formula is C13H23N5O2. The van der Waals surface area contributed by atoms with E-state index in [0.717, 1.165) is 18.8 Å². The second-order valence-corrected chi connectivity index (χ2v) is 4.26. The third kappa shape index (κ3) is 5.10. The number of carbonyl (C=O) groups excluding carboxylic acids is 1. The second-order valence-electron chi connectivity index (χ2n) is 4.26. The number of ether oxygens (including phenoxy) is 1. The maximum absolute atomic E-state index is 11.6. The number of nitrogens with two attached hydrogens (primary N) is 1. The molecule has 0 spiro atoms. The van der Waals surface area contributed by atoms with Gasteiger partial charge in [-0.05, 0) is 32.0 Å². The molecule has 1 aromatic rings. The summed E-state index contributed by atoms with van der Waals surface area (Å²) < 4.78 is 5.08. The summed E-state index contributed by atoms with van der Waals surface area (Å²) in [5.41, 5.74) is 5.85. The molecule has 1 aromatic heterocycles.